The summed E-state index contributed by atoms with van der Waals surface area (Å²) in [5.74, 6) is -2.32. The predicted molar refractivity (Wildman–Crippen MR) is 137 cm³/mol. The molecular formula is C26H24N6O4. The van der Waals surface area contributed by atoms with Crippen LogP contribution >= 0.6 is 0 Å². The lowest BCUT2D eigenvalue weighted by molar-refractivity contribution is -0.126. The van der Waals surface area contributed by atoms with Crippen LogP contribution in [0.5, 0.6) is 0 Å². The maximum Gasteiger partial charge on any atom is 0.253 e. The summed E-state index contributed by atoms with van der Waals surface area (Å²) >= 11 is 0. The molecule has 0 radical (unpaired) electrons. The van der Waals surface area contributed by atoms with Gasteiger partial charge in [-0.05, 0) is 24.3 Å². The number of pyridine rings is 1. The number of fused-ring (bicyclic) bond motifs is 2. The van der Waals surface area contributed by atoms with Crippen molar-refractivity contribution in [3.63, 3.8) is 0 Å². The molecule has 0 aliphatic heterocycles. The number of nitrogens with zero attached hydrogens (tertiary/aromatic N) is 1. The van der Waals surface area contributed by atoms with Crippen LogP contribution in [0.1, 0.15) is 10.4 Å². The van der Waals surface area contributed by atoms with Crippen molar-refractivity contribution in [3.05, 3.63) is 78.4 Å². The first kappa shape index (κ1) is 24.1. The summed E-state index contributed by atoms with van der Waals surface area (Å²) < 4.78 is 0. The van der Waals surface area contributed by atoms with E-state index in [1.807, 2.05) is 60.7 Å². The van der Waals surface area contributed by atoms with Gasteiger partial charge in [0.15, 0.2) is 0 Å². The number of rotatable bonds is 9. The van der Waals surface area contributed by atoms with Crippen LogP contribution < -0.4 is 27.0 Å². The van der Waals surface area contributed by atoms with E-state index >= 15 is 0 Å². The number of hydrogen-bond acceptors (Lipinski definition) is 6. The monoisotopic (exact) mass is 484 g/mol. The third-order valence-electron chi connectivity index (χ3n) is 5.31. The number of primary amides is 1. The zero-order chi connectivity index (χ0) is 25.5. The Balaban J connectivity index is 1.54. The van der Waals surface area contributed by atoms with Crippen molar-refractivity contribution in [2.24, 2.45) is 5.73 Å². The molecule has 182 valence electrons. The van der Waals surface area contributed by atoms with Gasteiger partial charge in [0.05, 0.1) is 41.9 Å². The van der Waals surface area contributed by atoms with Gasteiger partial charge in [0.25, 0.3) is 5.91 Å². The normalized spacial score (nSPS) is 10.6. The van der Waals surface area contributed by atoms with Crippen LogP contribution in [0.4, 0.5) is 11.4 Å². The molecule has 0 fully saturated rings. The Morgan fingerprint density at radius 1 is 0.694 bits per heavy atom. The average molecular weight is 485 g/mol. The first-order valence-electron chi connectivity index (χ1n) is 11.2. The van der Waals surface area contributed by atoms with Gasteiger partial charge in [-0.1, -0.05) is 48.5 Å². The van der Waals surface area contributed by atoms with Crippen LogP contribution in [0.2, 0.25) is 0 Å². The zero-order valence-electron chi connectivity index (χ0n) is 19.2. The maximum absolute atomic E-state index is 13.0. The molecule has 0 spiro atoms. The van der Waals surface area contributed by atoms with Crippen molar-refractivity contribution in [2.75, 3.05) is 25.0 Å². The Labute approximate surface area is 206 Å². The molecule has 3 aromatic carbocycles. The first-order chi connectivity index (χ1) is 17.4. The topological polar surface area (TPSA) is 155 Å². The largest absolute Gasteiger partial charge is 0.368 e. The van der Waals surface area contributed by atoms with Gasteiger partial charge in [-0.3, -0.25) is 19.2 Å². The minimum Gasteiger partial charge on any atom is -0.368 e. The lowest BCUT2D eigenvalue weighted by atomic mass is 10.0. The number of anilines is 2. The molecule has 1 aromatic heterocycles. The van der Waals surface area contributed by atoms with E-state index in [-0.39, 0.29) is 19.6 Å². The van der Waals surface area contributed by atoms with Crippen molar-refractivity contribution in [2.45, 2.75) is 0 Å². The third-order valence-corrected chi connectivity index (χ3v) is 5.31. The molecule has 4 amide bonds. The van der Waals surface area contributed by atoms with Gasteiger partial charge >= 0.3 is 0 Å². The van der Waals surface area contributed by atoms with Crippen molar-refractivity contribution >= 4 is 56.8 Å². The Morgan fingerprint density at radius 2 is 1.33 bits per heavy atom. The highest BCUT2D eigenvalue weighted by atomic mass is 16.2. The van der Waals surface area contributed by atoms with E-state index in [1.54, 1.807) is 12.1 Å². The van der Waals surface area contributed by atoms with E-state index in [9.17, 15) is 19.2 Å². The van der Waals surface area contributed by atoms with Crippen LogP contribution in [0.3, 0.4) is 0 Å². The molecule has 10 heteroatoms. The van der Waals surface area contributed by atoms with E-state index in [0.717, 1.165) is 22.1 Å². The number of carbonyl (C=O) groups is 4. The van der Waals surface area contributed by atoms with E-state index < -0.39 is 23.6 Å². The Kier molecular flexibility index (Phi) is 7.35. The van der Waals surface area contributed by atoms with Gasteiger partial charge in [0.1, 0.15) is 0 Å². The standard InChI is InChI=1S/C26H24N6O4/c27-21(33)13-28-22(34)14-29-23(35)15-30-26(36)19-11-6-10-18-24(31-16-7-2-1-3-8-16)17-9-4-5-12-20(17)32-25(18)19/h1-12H,13-15H2,(H2,27,33)(H,28,34)(H,29,35)(H,30,36)(H,31,32). The van der Waals surface area contributed by atoms with Crippen LogP contribution in [-0.2, 0) is 14.4 Å². The van der Waals surface area contributed by atoms with E-state index in [0.29, 0.717) is 16.6 Å². The molecule has 0 aliphatic rings. The molecule has 0 unspecified atom stereocenters. The molecule has 10 nitrogen and oxygen atoms in total. The van der Waals surface area contributed by atoms with Crippen LogP contribution in [-0.4, -0.2) is 48.2 Å². The molecule has 1 heterocycles. The number of benzene rings is 3. The SMILES string of the molecule is NC(=O)CNC(=O)CNC(=O)CNC(=O)c1cccc2c(Nc3ccccc3)c3ccccc3nc12. The van der Waals surface area contributed by atoms with Gasteiger partial charge in [-0.2, -0.15) is 0 Å². The Bertz CT molecular complexity index is 1460. The highest BCUT2D eigenvalue weighted by Crippen LogP contribution is 2.34. The third kappa shape index (κ3) is 5.73. The number of nitrogens with one attached hydrogen (secondary N) is 4. The second-order valence-electron chi connectivity index (χ2n) is 7.90. The fourth-order valence-corrected chi connectivity index (χ4v) is 3.64. The van der Waals surface area contributed by atoms with Gasteiger partial charge in [0, 0.05) is 16.5 Å². The molecule has 0 bridgehead atoms. The van der Waals surface area contributed by atoms with Gasteiger partial charge in [0.2, 0.25) is 17.7 Å². The highest BCUT2D eigenvalue weighted by molar-refractivity contribution is 6.15. The lowest BCUT2D eigenvalue weighted by Gasteiger charge is -2.15. The number of aromatic nitrogens is 1. The highest BCUT2D eigenvalue weighted by Gasteiger charge is 2.17. The molecule has 0 atom stereocenters. The zero-order valence-corrected chi connectivity index (χ0v) is 19.2. The summed E-state index contributed by atoms with van der Waals surface area (Å²) in [6.07, 6.45) is 0. The number of para-hydroxylation sites is 3. The fraction of sp³-hybridized carbons (Fsp3) is 0.115. The minimum absolute atomic E-state index is 0.307. The Morgan fingerprint density at radius 3 is 2.08 bits per heavy atom. The molecule has 4 rings (SSSR count). The molecule has 0 aliphatic carbocycles. The lowest BCUT2D eigenvalue weighted by Crippen LogP contribution is -2.43. The summed E-state index contributed by atoms with van der Waals surface area (Å²) in [4.78, 5) is 52.1. The summed E-state index contributed by atoms with van der Waals surface area (Å²) in [7, 11) is 0. The number of carbonyl (C=O) groups excluding carboxylic acids is 4. The van der Waals surface area contributed by atoms with Crippen molar-refractivity contribution in [1.29, 1.82) is 0 Å². The van der Waals surface area contributed by atoms with Gasteiger partial charge < -0.3 is 27.0 Å². The average Bonchev–Trinajstić information content (AvgIpc) is 2.89. The molecule has 36 heavy (non-hydrogen) atoms. The molecule has 0 saturated heterocycles. The number of amides is 4. The quantitative estimate of drug-likeness (QED) is 0.227. The summed E-state index contributed by atoms with van der Waals surface area (Å²) in [6.45, 7) is -1.02. The van der Waals surface area contributed by atoms with Crippen molar-refractivity contribution in [1.82, 2.24) is 20.9 Å². The second-order valence-corrected chi connectivity index (χ2v) is 7.90. The van der Waals surface area contributed by atoms with Gasteiger partial charge in [-0.15, -0.1) is 0 Å². The van der Waals surface area contributed by atoms with Crippen molar-refractivity contribution < 1.29 is 19.2 Å². The molecule has 0 saturated carbocycles. The molecule has 4 aromatic rings. The summed E-state index contributed by atoms with van der Waals surface area (Å²) in [5.41, 5.74) is 8.16. The number of hydrogen-bond donors (Lipinski definition) is 5. The van der Waals surface area contributed by atoms with Crippen LogP contribution in [0, 0.1) is 0 Å². The first-order valence-corrected chi connectivity index (χ1v) is 11.2. The van der Waals surface area contributed by atoms with E-state index in [1.165, 1.54) is 0 Å². The second kappa shape index (κ2) is 11.0. The number of nitrogens with two attached hydrogens (primary N) is 1. The van der Waals surface area contributed by atoms with Gasteiger partial charge in [-0.25, -0.2) is 4.98 Å². The summed E-state index contributed by atoms with van der Waals surface area (Å²) in [6, 6.07) is 22.6. The Hall–Kier alpha value is -4.99. The predicted octanol–water partition coefficient (Wildman–Crippen LogP) is 1.58. The molecule has 6 N–H and O–H groups in total. The van der Waals surface area contributed by atoms with Crippen LogP contribution in [0.15, 0.2) is 72.8 Å². The minimum atomic E-state index is -0.694. The molecular weight excluding hydrogens is 460 g/mol. The van der Waals surface area contributed by atoms with E-state index in [2.05, 4.69) is 21.3 Å². The fourth-order valence-electron chi connectivity index (χ4n) is 3.64. The van der Waals surface area contributed by atoms with Crippen LogP contribution in [0.25, 0.3) is 21.8 Å². The maximum atomic E-state index is 13.0. The smallest absolute Gasteiger partial charge is 0.253 e. The van der Waals surface area contributed by atoms with Crippen molar-refractivity contribution in [3.8, 4) is 0 Å². The van der Waals surface area contributed by atoms with E-state index in [4.69, 9.17) is 10.7 Å². The summed E-state index contributed by atoms with van der Waals surface area (Å²) in [5, 5.41) is 12.3.